The number of nitrogens with zero attached hydrogens (tertiary/aromatic N) is 1. The highest BCUT2D eigenvalue weighted by atomic mass is 15.1. The van der Waals surface area contributed by atoms with E-state index in [-0.39, 0.29) is 5.92 Å². The molecule has 6 aromatic rings. The highest BCUT2D eigenvalue weighted by molar-refractivity contribution is 5.81. The lowest BCUT2D eigenvalue weighted by molar-refractivity contribution is 0.793. The van der Waals surface area contributed by atoms with Crippen LogP contribution >= 0.6 is 0 Å². The number of hydrogen-bond acceptors (Lipinski definition) is 1. The number of anilines is 2. The van der Waals surface area contributed by atoms with Gasteiger partial charge in [0, 0.05) is 23.8 Å². The first-order valence-electron chi connectivity index (χ1n) is 15.7. The lowest BCUT2D eigenvalue weighted by Crippen LogP contribution is -2.24. The van der Waals surface area contributed by atoms with E-state index in [9.17, 15) is 0 Å². The summed E-state index contributed by atoms with van der Waals surface area (Å²) in [5, 5.41) is 0. The Hall–Kier alpha value is -5.40. The van der Waals surface area contributed by atoms with Crippen molar-refractivity contribution in [3.05, 3.63) is 215 Å². The Morgan fingerprint density at radius 3 is 1.44 bits per heavy atom. The van der Waals surface area contributed by atoms with E-state index in [2.05, 4.69) is 201 Å². The largest absolute Gasteiger partial charge is 0.341 e. The molecule has 220 valence electrons. The van der Waals surface area contributed by atoms with E-state index >= 15 is 0 Å². The minimum Gasteiger partial charge on any atom is -0.341 e. The molecule has 6 aromatic carbocycles. The average Bonchev–Trinajstić information content (AvgIpc) is 3.10. The van der Waals surface area contributed by atoms with Gasteiger partial charge in [-0.3, -0.25) is 0 Å². The minimum atomic E-state index is 0.222. The van der Waals surface area contributed by atoms with Crippen molar-refractivity contribution in [1.29, 1.82) is 0 Å². The molecule has 1 nitrogen and oxygen atoms in total. The van der Waals surface area contributed by atoms with Crippen molar-refractivity contribution >= 4 is 23.0 Å². The fourth-order valence-electron chi connectivity index (χ4n) is 5.77. The molecule has 0 unspecified atom stereocenters. The Kier molecular flexibility index (Phi) is 9.48. The Bertz CT molecular complexity index is 1750. The molecule has 45 heavy (non-hydrogen) atoms. The molecule has 0 aliphatic rings. The van der Waals surface area contributed by atoms with Crippen LogP contribution in [0.4, 0.5) is 11.4 Å². The molecule has 6 rings (SSSR count). The number of para-hydroxylation sites is 1. The van der Waals surface area contributed by atoms with E-state index in [0.717, 1.165) is 12.1 Å². The quantitative estimate of drug-likeness (QED) is 0.145. The summed E-state index contributed by atoms with van der Waals surface area (Å²) >= 11 is 0. The first-order chi connectivity index (χ1) is 22.1. The summed E-state index contributed by atoms with van der Waals surface area (Å²) in [4.78, 5) is 2.44. The second-order valence-electron chi connectivity index (χ2n) is 11.6. The van der Waals surface area contributed by atoms with Crippen molar-refractivity contribution in [2.24, 2.45) is 0 Å². The highest BCUT2D eigenvalue weighted by Crippen LogP contribution is 2.33. The van der Waals surface area contributed by atoms with Crippen molar-refractivity contribution in [2.45, 2.75) is 19.8 Å². The van der Waals surface area contributed by atoms with Gasteiger partial charge in [0.25, 0.3) is 0 Å². The summed E-state index contributed by atoms with van der Waals surface area (Å²) in [5.41, 5.74) is 12.3. The summed E-state index contributed by atoms with van der Waals surface area (Å²) in [5.74, 6) is 0.222. The monoisotopic (exact) mass is 581 g/mol. The molecule has 1 heteroatoms. The van der Waals surface area contributed by atoms with Crippen LogP contribution in [0.2, 0.25) is 0 Å². The van der Waals surface area contributed by atoms with Crippen LogP contribution in [0.3, 0.4) is 0 Å². The molecule has 0 bridgehead atoms. The minimum absolute atomic E-state index is 0.222. The zero-order valence-corrected chi connectivity index (χ0v) is 26.1. The normalized spacial score (nSPS) is 11.1. The van der Waals surface area contributed by atoms with Crippen LogP contribution in [0.1, 0.15) is 44.9 Å². The molecule has 0 heterocycles. The third-order valence-corrected chi connectivity index (χ3v) is 8.32. The molecule has 0 radical (unpaired) electrons. The summed E-state index contributed by atoms with van der Waals surface area (Å²) < 4.78 is 0. The maximum Gasteiger partial charge on any atom is 0.0411 e. The topological polar surface area (TPSA) is 3.24 Å². The summed E-state index contributed by atoms with van der Waals surface area (Å²) in [6.07, 6.45) is 6.58. The molecule has 0 saturated carbocycles. The van der Waals surface area contributed by atoms with Crippen molar-refractivity contribution in [3.63, 3.8) is 0 Å². The standard InChI is InChI=1S/C44H39N/c1-34-21-27-39(28-22-34)43(40-29-23-35(2)24-30-40)20-12-13-36-25-31-42(32-26-36)45(41-18-10-5-11-19-41)33-44(37-14-6-3-7-15-37)38-16-8-4-9-17-38/h3-32,44H,33H2,1-2H3/b13-12+. The zero-order chi connectivity index (χ0) is 30.8. The predicted molar refractivity (Wildman–Crippen MR) is 193 cm³/mol. The first kappa shape index (κ1) is 29.7. The molecule has 0 amide bonds. The number of allylic oxidation sites excluding steroid dienone is 2. The van der Waals surface area contributed by atoms with Crippen LogP contribution in [0.5, 0.6) is 0 Å². The van der Waals surface area contributed by atoms with E-state index < -0.39 is 0 Å². The van der Waals surface area contributed by atoms with E-state index in [0.29, 0.717) is 0 Å². The number of hydrogen-bond donors (Lipinski definition) is 0. The fourth-order valence-corrected chi connectivity index (χ4v) is 5.77. The zero-order valence-electron chi connectivity index (χ0n) is 26.1. The van der Waals surface area contributed by atoms with E-state index in [1.165, 1.54) is 50.3 Å². The predicted octanol–water partition coefficient (Wildman–Crippen LogP) is 11.4. The van der Waals surface area contributed by atoms with E-state index in [1.807, 2.05) is 0 Å². The number of benzene rings is 6. The van der Waals surface area contributed by atoms with E-state index in [1.54, 1.807) is 0 Å². The lowest BCUT2D eigenvalue weighted by atomic mass is 9.90. The Morgan fingerprint density at radius 1 is 0.511 bits per heavy atom. The van der Waals surface area contributed by atoms with Gasteiger partial charge in [-0.25, -0.2) is 0 Å². The molecular weight excluding hydrogens is 542 g/mol. The van der Waals surface area contributed by atoms with Crippen LogP contribution in [0.15, 0.2) is 176 Å². The molecule has 0 aromatic heterocycles. The van der Waals surface area contributed by atoms with Gasteiger partial charge in [-0.1, -0.05) is 169 Å². The van der Waals surface area contributed by atoms with Crippen molar-refractivity contribution in [1.82, 2.24) is 0 Å². The third kappa shape index (κ3) is 7.58. The van der Waals surface area contributed by atoms with Gasteiger partial charge in [-0.15, -0.1) is 0 Å². The van der Waals surface area contributed by atoms with Crippen molar-refractivity contribution in [2.75, 3.05) is 11.4 Å². The molecule has 0 aliphatic heterocycles. The van der Waals surface area contributed by atoms with Gasteiger partial charge in [-0.2, -0.15) is 0 Å². The Morgan fingerprint density at radius 2 is 0.956 bits per heavy atom. The molecular formula is C44H39N. The van der Waals surface area contributed by atoms with Gasteiger partial charge in [0.15, 0.2) is 0 Å². The van der Waals surface area contributed by atoms with Gasteiger partial charge < -0.3 is 4.90 Å². The SMILES string of the molecule is Cc1ccc(C(=C/C=C/c2ccc(N(CC(c3ccccc3)c3ccccc3)c3ccccc3)cc2)c2ccc(C)cc2)cc1. The van der Waals surface area contributed by atoms with Crippen molar-refractivity contribution < 1.29 is 0 Å². The van der Waals surface area contributed by atoms with Crippen LogP contribution in [0.25, 0.3) is 11.6 Å². The molecule has 0 atom stereocenters. The van der Waals surface area contributed by atoms with Gasteiger partial charge in [0.2, 0.25) is 0 Å². The lowest BCUT2D eigenvalue weighted by Gasteiger charge is -2.30. The summed E-state index contributed by atoms with van der Waals surface area (Å²) in [7, 11) is 0. The van der Waals surface area contributed by atoms with Crippen LogP contribution in [-0.4, -0.2) is 6.54 Å². The Balaban J connectivity index is 1.30. The maximum absolute atomic E-state index is 2.44. The molecule has 0 spiro atoms. The van der Waals surface area contributed by atoms with Crippen LogP contribution in [0, 0.1) is 13.8 Å². The molecule has 0 fully saturated rings. The van der Waals surface area contributed by atoms with Crippen molar-refractivity contribution in [3.8, 4) is 0 Å². The molecule has 0 aliphatic carbocycles. The average molecular weight is 582 g/mol. The maximum atomic E-state index is 2.44. The number of aryl methyl sites for hydroxylation is 2. The third-order valence-electron chi connectivity index (χ3n) is 8.32. The van der Waals surface area contributed by atoms with E-state index in [4.69, 9.17) is 0 Å². The van der Waals surface area contributed by atoms with Gasteiger partial charge in [-0.05, 0) is 71.5 Å². The van der Waals surface area contributed by atoms with Gasteiger partial charge in [0.1, 0.15) is 0 Å². The Labute approximate surface area is 268 Å². The van der Waals surface area contributed by atoms with Gasteiger partial charge >= 0.3 is 0 Å². The highest BCUT2D eigenvalue weighted by Gasteiger charge is 2.20. The van der Waals surface area contributed by atoms with Crippen LogP contribution < -0.4 is 4.90 Å². The van der Waals surface area contributed by atoms with Gasteiger partial charge in [0.05, 0.1) is 0 Å². The number of rotatable bonds is 10. The summed E-state index contributed by atoms with van der Waals surface area (Å²) in [6.45, 7) is 5.09. The fraction of sp³-hybridized carbons (Fsp3) is 0.0909. The second kappa shape index (κ2) is 14.4. The first-order valence-corrected chi connectivity index (χ1v) is 15.7. The smallest absolute Gasteiger partial charge is 0.0411 e. The molecule has 0 N–H and O–H groups in total. The second-order valence-corrected chi connectivity index (χ2v) is 11.6. The molecule has 0 saturated heterocycles. The van der Waals surface area contributed by atoms with Crippen LogP contribution in [-0.2, 0) is 0 Å². The summed E-state index contributed by atoms with van der Waals surface area (Å²) in [6, 6.07) is 58.9.